The van der Waals surface area contributed by atoms with Gasteiger partial charge in [0.2, 0.25) is 0 Å². The molecule has 0 saturated carbocycles. The van der Waals surface area contributed by atoms with Crippen LogP contribution in [0.1, 0.15) is 35.9 Å². The number of halogens is 1. The Balaban J connectivity index is 2.05. The van der Waals surface area contributed by atoms with E-state index in [2.05, 4.69) is 12.2 Å². The van der Waals surface area contributed by atoms with E-state index in [0.29, 0.717) is 12.3 Å². The summed E-state index contributed by atoms with van der Waals surface area (Å²) in [4.78, 5) is 11.9. The average molecular weight is 280 g/mol. The van der Waals surface area contributed by atoms with Crippen LogP contribution in [-0.2, 0) is 0 Å². The molecule has 1 aromatic carbocycles. The molecular formula is C15H18ClNO2. The Morgan fingerprint density at radius 1 is 1.42 bits per heavy atom. The second-order valence-corrected chi connectivity index (χ2v) is 5.37. The first-order valence-electron chi connectivity index (χ1n) is 6.52. The van der Waals surface area contributed by atoms with Gasteiger partial charge in [-0.05, 0) is 31.5 Å². The van der Waals surface area contributed by atoms with Gasteiger partial charge in [-0.25, -0.2) is 0 Å². The number of benzene rings is 1. The molecule has 1 atom stereocenters. The number of nitrogens with one attached hydrogen (secondary N) is 1. The molecule has 0 spiro atoms. The fourth-order valence-corrected chi connectivity index (χ4v) is 2.28. The van der Waals surface area contributed by atoms with Crippen molar-refractivity contribution in [2.24, 2.45) is 0 Å². The summed E-state index contributed by atoms with van der Waals surface area (Å²) in [6, 6.07) is 7.60. The van der Waals surface area contributed by atoms with E-state index in [-0.39, 0.29) is 11.3 Å². The largest absolute Gasteiger partial charge is 0.451 e. The van der Waals surface area contributed by atoms with Crippen LogP contribution in [0.25, 0.3) is 11.0 Å². The zero-order valence-electron chi connectivity index (χ0n) is 11.2. The third-order valence-corrected chi connectivity index (χ3v) is 3.35. The molecule has 0 aliphatic rings. The van der Waals surface area contributed by atoms with Crippen LogP contribution in [0.2, 0.25) is 0 Å². The Bertz CT molecular complexity index is 577. The SMILES string of the molecule is CCCC(Cl)CNC(=O)c1cc2cc(C)ccc2o1. The van der Waals surface area contributed by atoms with E-state index < -0.39 is 0 Å². The van der Waals surface area contributed by atoms with E-state index in [4.69, 9.17) is 16.0 Å². The summed E-state index contributed by atoms with van der Waals surface area (Å²) in [6.07, 6.45) is 1.90. The summed E-state index contributed by atoms with van der Waals surface area (Å²) < 4.78 is 5.52. The van der Waals surface area contributed by atoms with Crippen molar-refractivity contribution in [1.82, 2.24) is 5.32 Å². The van der Waals surface area contributed by atoms with Crippen LogP contribution in [0.3, 0.4) is 0 Å². The van der Waals surface area contributed by atoms with Gasteiger partial charge in [0.05, 0.1) is 5.38 Å². The molecule has 0 radical (unpaired) electrons. The molecule has 3 nitrogen and oxygen atoms in total. The number of furan rings is 1. The molecule has 2 rings (SSSR count). The van der Waals surface area contributed by atoms with Gasteiger partial charge >= 0.3 is 0 Å². The standard InChI is InChI=1S/C15H18ClNO2/c1-3-4-12(16)9-17-15(18)14-8-11-7-10(2)5-6-13(11)19-14/h5-8,12H,3-4,9H2,1-2H3,(H,17,18). The van der Waals surface area contributed by atoms with Crippen molar-refractivity contribution in [2.45, 2.75) is 32.1 Å². The van der Waals surface area contributed by atoms with Crippen LogP contribution < -0.4 is 5.32 Å². The fraction of sp³-hybridized carbons (Fsp3) is 0.400. The van der Waals surface area contributed by atoms with Gasteiger partial charge in [0.1, 0.15) is 5.58 Å². The number of carbonyl (C=O) groups is 1. The molecular weight excluding hydrogens is 262 g/mol. The predicted octanol–water partition coefficient (Wildman–Crippen LogP) is 3.88. The number of fused-ring (bicyclic) bond motifs is 1. The molecule has 1 aromatic heterocycles. The van der Waals surface area contributed by atoms with Gasteiger partial charge in [0.25, 0.3) is 5.91 Å². The van der Waals surface area contributed by atoms with Gasteiger partial charge < -0.3 is 9.73 Å². The molecule has 4 heteroatoms. The molecule has 0 fully saturated rings. The van der Waals surface area contributed by atoms with Crippen molar-refractivity contribution < 1.29 is 9.21 Å². The Labute approximate surface area is 117 Å². The molecule has 19 heavy (non-hydrogen) atoms. The average Bonchev–Trinajstić information content (AvgIpc) is 2.79. The third kappa shape index (κ3) is 3.51. The minimum absolute atomic E-state index is 0.0272. The topological polar surface area (TPSA) is 42.2 Å². The van der Waals surface area contributed by atoms with Crippen LogP contribution >= 0.6 is 11.6 Å². The number of hydrogen-bond acceptors (Lipinski definition) is 2. The first-order valence-corrected chi connectivity index (χ1v) is 6.96. The van der Waals surface area contributed by atoms with E-state index in [1.807, 2.05) is 25.1 Å². The number of aryl methyl sites for hydroxylation is 1. The van der Waals surface area contributed by atoms with Gasteiger partial charge in [-0.3, -0.25) is 4.79 Å². The van der Waals surface area contributed by atoms with E-state index in [0.717, 1.165) is 29.4 Å². The number of rotatable bonds is 5. The lowest BCUT2D eigenvalue weighted by Gasteiger charge is -2.08. The quantitative estimate of drug-likeness (QED) is 0.844. The maximum atomic E-state index is 11.9. The van der Waals surface area contributed by atoms with Crippen molar-refractivity contribution in [3.8, 4) is 0 Å². The normalized spacial score (nSPS) is 12.6. The number of amides is 1. The van der Waals surface area contributed by atoms with Gasteiger partial charge in [0, 0.05) is 11.9 Å². The van der Waals surface area contributed by atoms with Crippen molar-refractivity contribution in [3.63, 3.8) is 0 Å². The number of alkyl halides is 1. The van der Waals surface area contributed by atoms with Crippen molar-refractivity contribution in [2.75, 3.05) is 6.54 Å². The lowest BCUT2D eigenvalue weighted by Crippen LogP contribution is -2.29. The minimum Gasteiger partial charge on any atom is -0.451 e. The summed E-state index contributed by atoms with van der Waals surface area (Å²) in [7, 11) is 0. The molecule has 1 unspecified atom stereocenters. The molecule has 0 aliphatic heterocycles. The molecule has 0 bridgehead atoms. The Hall–Kier alpha value is -1.48. The Kier molecular flexibility index (Phi) is 4.48. The maximum Gasteiger partial charge on any atom is 0.287 e. The zero-order chi connectivity index (χ0) is 13.8. The van der Waals surface area contributed by atoms with Crippen molar-refractivity contribution in [3.05, 3.63) is 35.6 Å². The van der Waals surface area contributed by atoms with Crippen molar-refractivity contribution >= 4 is 28.5 Å². The first kappa shape index (κ1) is 13.9. The number of hydrogen-bond donors (Lipinski definition) is 1. The van der Waals surface area contributed by atoms with Crippen LogP contribution in [0.15, 0.2) is 28.7 Å². The van der Waals surface area contributed by atoms with Gasteiger partial charge in [0.15, 0.2) is 5.76 Å². The minimum atomic E-state index is -0.212. The highest BCUT2D eigenvalue weighted by Gasteiger charge is 2.13. The smallest absolute Gasteiger partial charge is 0.287 e. The maximum absolute atomic E-state index is 11.9. The van der Waals surface area contributed by atoms with E-state index >= 15 is 0 Å². The highest BCUT2D eigenvalue weighted by atomic mass is 35.5. The second kappa shape index (κ2) is 6.11. The lowest BCUT2D eigenvalue weighted by molar-refractivity contribution is 0.0928. The predicted molar refractivity (Wildman–Crippen MR) is 77.8 cm³/mol. The summed E-state index contributed by atoms with van der Waals surface area (Å²) >= 11 is 6.07. The third-order valence-electron chi connectivity index (χ3n) is 2.98. The fourth-order valence-electron chi connectivity index (χ4n) is 1.98. The van der Waals surface area contributed by atoms with Crippen LogP contribution in [0, 0.1) is 6.92 Å². The summed E-state index contributed by atoms with van der Waals surface area (Å²) in [5.74, 6) is 0.122. The van der Waals surface area contributed by atoms with E-state index in [1.165, 1.54) is 0 Å². The Morgan fingerprint density at radius 2 is 2.21 bits per heavy atom. The molecule has 1 heterocycles. The van der Waals surface area contributed by atoms with Gasteiger partial charge in [-0.1, -0.05) is 25.0 Å². The molecule has 0 saturated heterocycles. The first-order chi connectivity index (χ1) is 9.10. The van der Waals surface area contributed by atoms with E-state index in [9.17, 15) is 4.79 Å². The monoisotopic (exact) mass is 279 g/mol. The lowest BCUT2D eigenvalue weighted by atomic mass is 10.2. The summed E-state index contributed by atoms with van der Waals surface area (Å²) in [5, 5.41) is 3.71. The highest BCUT2D eigenvalue weighted by molar-refractivity contribution is 6.20. The highest BCUT2D eigenvalue weighted by Crippen LogP contribution is 2.20. The zero-order valence-corrected chi connectivity index (χ0v) is 12.0. The van der Waals surface area contributed by atoms with Crippen LogP contribution in [0.4, 0.5) is 0 Å². The van der Waals surface area contributed by atoms with Crippen molar-refractivity contribution in [1.29, 1.82) is 0 Å². The number of carbonyl (C=O) groups excluding carboxylic acids is 1. The molecule has 2 aromatic rings. The van der Waals surface area contributed by atoms with Gasteiger partial charge in [-0.15, -0.1) is 11.6 Å². The Morgan fingerprint density at radius 3 is 2.95 bits per heavy atom. The second-order valence-electron chi connectivity index (χ2n) is 4.75. The summed E-state index contributed by atoms with van der Waals surface area (Å²) in [5.41, 5.74) is 1.87. The van der Waals surface area contributed by atoms with E-state index in [1.54, 1.807) is 6.07 Å². The molecule has 1 N–H and O–H groups in total. The molecule has 102 valence electrons. The summed E-state index contributed by atoms with van der Waals surface area (Å²) in [6.45, 7) is 4.54. The van der Waals surface area contributed by atoms with Crippen LogP contribution in [-0.4, -0.2) is 17.8 Å². The van der Waals surface area contributed by atoms with Crippen LogP contribution in [0.5, 0.6) is 0 Å². The molecule has 0 aliphatic carbocycles. The molecule has 1 amide bonds. The van der Waals surface area contributed by atoms with Gasteiger partial charge in [-0.2, -0.15) is 0 Å².